The van der Waals surface area contributed by atoms with Crippen LogP contribution in [0.25, 0.3) is 0 Å². The van der Waals surface area contributed by atoms with E-state index in [9.17, 15) is 0 Å². The second-order valence-corrected chi connectivity index (χ2v) is 5.47. The second-order valence-electron chi connectivity index (χ2n) is 5.47. The molecule has 3 nitrogen and oxygen atoms in total. The molecule has 3 rings (SSSR count). The number of benzene rings is 1. The highest BCUT2D eigenvalue weighted by Gasteiger charge is 2.24. The summed E-state index contributed by atoms with van der Waals surface area (Å²) >= 11 is 0. The zero-order valence-corrected chi connectivity index (χ0v) is 11.9. The molecule has 2 heterocycles. The fraction of sp³-hybridized carbons (Fsp3) is 0.353. The Morgan fingerprint density at radius 2 is 2.25 bits per heavy atom. The fourth-order valence-corrected chi connectivity index (χ4v) is 3.10. The number of hydrogen-bond acceptors (Lipinski definition) is 3. The van der Waals surface area contributed by atoms with Gasteiger partial charge in [0.2, 0.25) is 0 Å². The molecule has 1 aromatic carbocycles. The molecule has 0 saturated heterocycles. The van der Waals surface area contributed by atoms with Gasteiger partial charge < -0.3 is 10.6 Å². The van der Waals surface area contributed by atoms with Crippen LogP contribution in [0, 0.1) is 6.92 Å². The molecule has 0 saturated carbocycles. The number of pyridine rings is 1. The summed E-state index contributed by atoms with van der Waals surface area (Å²) in [5, 5.41) is 0. The van der Waals surface area contributed by atoms with Crippen molar-refractivity contribution in [3.05, 3.63) is 59.4 Å². The third-order valence-electron chi connectivity index (χ3n) is 4.06. The maximum atomic E-state index is 6.05. The standard InChI is InChI=1S/C17H21N3/c1-13-6-7-16-14(10-13)5-3-9-20(16)17(11-18)15-4-2-8-19-12-15/h2,4,6-8,10,12,17H,3,5,9,11,18H2,1H3. The first kappa shape index (κ1) is 13.1. The quantitative estimate of drug-likeness (QED) is 0.930. The molecule has 1 atom stereocenters. The Morgan fingerprint density at radius 1 is 1.35 bits per heavy atom. The first-order valence-corrected chi connectivity index (χ1v) is 7.26. The molecule has 3 heteroatoms. The van der Waals surface area contributed by atoms with Gasteiger partial charge in [-0.3, -0.25) is 4.98 Å². The summed E-state index contributed by atoms with van der Waals surface area (Å²) in [6.07, 6.45) is 6.09. The van der Waals surface area contributed by atoms with E-state index in [4.69, 9.17) is 5.73 Å². The van der Waals surface area contributed by atoms with Crippen molar-refractivity contribution in [2.24, 2.45) is 5.73 Å². The van der Waals surface area contributed by atoms with Crippen molar-refractivity contribution in [3.8, 4) is 0 Å². The molecule has 1 aliphatic heterocycles. The molecular weight excluding hydrogens is 246 g/mol. The molecule has 0 fully saturated rings. The van der Waals surface area contributed by atoms with Gasteiger partial charge in [0.25, 0.3) is 0 Å². The Balaban J connectivity index is 1.98. The van der Waals surface area contributed by atoms with Gasteiger partial charge in [-0.2, -0.15) is 0 Å². The number of aromatic nitrogens is 1. The Bertz CT molecular complexity index is 580. The normalized spacial score (nSPS) is 15.8. The molecule has 1 aromatic heterocycles. The van der Waals surface area contributed by atoms with Crippen LogP contribution in [0.2, 0.25) is 0 Å². The average molecular weight is 267 g/mol. The van der Waals surface area contributed by atoms with Gasteiger partial charge in [-0.05, 0) is 43.0 Å². The molecule has 1 aliphatic rings. The van der Waals surface area contributed by atoms with Gasteiger partial charge in [0.05, 0.1) is 6.04 Å². The summed E-state index contributed by atoms with van der Waals surface area (Å²) in [7, 11) is 0. The summed E-state index contributed by atoms with van der Waals surface area (Å²) in [6.45, 7) is 3.83. The number of nitrogens with zero attached hydrogens (tertiary/aromatic N) is 2. The summed E-state index contributed by atoms with van der Waals surface area (Å²) in [4.78, 5) is 6.68. The van der Waals surface area contributed by atoms with E-state index in [1.54, 1.807) is 0 Å². The van der Waals surface area contributed by atoms with Crippen LogP contribution in [-0.4, -0.2) is 18.1 Å². The fourth-order valence-electron chi connectivity index (χ4n) is 3.10. The minimum Gasteiger partial charge on any atom is -0.363 e. The van der Waals surface area contributed by atoms with E-state index in [1.807, 2.05) is 18.5 Å². The third-order valence-corrected chi connectivity index (χ3v) is 4.06. The summed E-state index contributed by atoms with van der Waals surface area (Å²) < 4.78 is 0. The Morgan fingerprint density at radius 3 is 3.00 bits per heavy atom. The molecule has 0 aliphatic carbocycles. The zero-order valence-electron chi connectivity index (χ0n) is 11.9. The summed E-state index contributed by atoms with van der Waals surface area (Å²) in [6, 6.07) is 11.0. The number of anilines is 1. The van der Waals surface area contributed by atoms with Crippen molar-refractivity contribution in [2.75, 3.05) is 18.0 Å². The highest BCUT2D eigenvalue weighted by Crippen LogP contribution is 2.34. The molecule has 0 radical (unpaired) electrons. The van der Waals surface area contributed by atoms with Crippen molar-refractivity contribution in [1.82, 2.24) is 4.98 Å². The lowest BCUT2D eigenvalue weighted by Crippen LogP contribution is -2.37. The van der Waals surface area contributed by atoms with Crippen LogP contribution < -0.4 is 10.6 Å². The first-order chi connectivity index (χ1) is 9.79. The van der Waals surface area contributed by atoms with E-state index < -0.39 is 0 Å². The topological polar surface area (TPSA) is 42.1 Å². The van der Waals surface area contributed by atoms with E-state index in [0.29, 0.717) is 6.54 Å². The molecule has 0 amide bonds. The van der Waals surface area contributed by atoms with E-state index in [0.717, 1.165) is 13.0 Å². The number of rotatable bonds is 3. The molecule has 1 unspecified atom stereocenters. The van der Waals surface area contributed by atoms with Crippen LogP contribution >= 0.6 is 0 Å². The average Bonchev–Trinajstić information content (AvgIpc) is 2.49. The van der Waals surface area contributed by atoms with Crippen LogP contribution in [-0.2, 0) is 6.42 Å². The molecule has 0 bridgehead atoms. The maximum absolute atomic E-state index is 6.05. The van der Waals surface area contributed by atoms with Crippen LogP contribution in [0.5, 0.6) is 0 Å². The third kappa shape index (κ3) is 2.41. The Hall–Kier alpha value is -1.87. The predicted molar refractivity (Wildman–Crippen MR) is 82.9 cm³/mol. The van der Waals surface area contributed by atoms with Crippen molar-refractivity contribution in [1.29, 1.82) is 0 Å². The van der Waals surface area contributed by atoms with Crippen LogP contribution in [0.4, 0.5) is 5.69 Å². The number of hydrogen-bond donors (Lipinski definition) is 1. The van der Waals surface area contributed by atoms with Crippen molar-refractivity contribution in [2.45, 2.75) is 25.8 Å². The zero-order chi connectivity index (χ0) is 13.9. The highest BCUT2D eigenvalue weighted by molar-refractivity contribution is 5.58. The first-order valence-electron chi connectivity index (χ1n) is 7.26. The van der Waals surface area contributed by atoms with Gasteiger partial charge in [-0.25, -0.2) is 0 Å². The lowest BCUT2D eigenvalue weighted by Gasteiger charge is -2.37. The minimum atomic E-state index is 0.213. The van der Waals surface area contributed by atoms with Crippen molar-refractivity contribution in [3.63, 3.8) is 0 Å². The molecule has 2 N–H and O–H groups in total. The molecule has 0 spiro atoms. The molecule has 104 valence electrons. The maximum Gasteiger partial charge on any atom is 0.0679 e. The van der Waals surface area contributed by atoms with E-state index >= 15 is 0 Å². The highest BCUT2D eigenvalue weighted by atomic mass is 15.2. The molecule has 2 aromatic rings. The van der Waals surface area contributed by atoms with Crippen molar-refractivity contribution < 1.29 is 0 Å². The molecule has 20 heavy (non-hydrogen) atoms. The van der Waals surface area contributed by atoms with Gasteiger partial charge in [0.1, 0.15) is 0 Å². The SMILES string of the molecule is Cc1ccc2c(c1)CCCN2C(CN)c1cccnc1. The number of fused-ring (bicyclic) bond motifs is 1. The van der Waals surface area contributed by atoms with Gasteiger partial charge in [0, 0.05) is 31.2 Å². The van der Waals surface area contributed by atoms with Gasteiger partial charge in [-0.15, -0.1) is 0 Å². The van der Waals surface area contributed by atoms with Crippen LogP contribution in [0.15, 0.2) is 42.7 Å². The predicted octanol–water partition coefficient (Wildman–Crippen LogP) is 2.84. The van der Waals surface area contributed by atoms with Gasteiger partial charge in [0.15, 0.2) is 0 Å². The lowest BCUT2D eigenvalue weighted by molar-refractivity contribution is 0.586. The number of aryl methyl sites for hydroxylation is 2. The van der Waals surface area contributed by atoms with Crippen molar-refractivity contribution >= 4 is 5.69 Å². The largest absolute Gasteiger partial charge is 0.363 e. The Labute approximate surface area is 120 Å². The summed E-state index contributed by atoms with van der Waals surface area (Å²) in [5.74, 6) is 0. The number of nitrogens with two attached hydrogens (primary N) is 1. The van der Waals surface area contributed by atoms with Gasteiger partial charge in [-0.1, -0.05) is 23.8 Å². The van der Waals surface area contributed by atoms with E-state index in [2.05, 4.69) is 41.1 Å². The van der Waals surface area contributed by atoms with Gasteiger partial charge >= 0.3 is 0 Å². The van der Waals surface area contributed by atoms with E-state index in [1.165, 1.54) is 28.8 Å². The minimum absolute atomic E-state index is 0.213. The van der Waals surface area contributed by atoms with Crippen LogP contribution in [0.1, 0.15) is 29.2 Å². The smallest absolute Gasteiger partial charge is 0.0679 e. The Kier molecular flexibility index (Phi) is 3.70. The van der Waals surface area contributed by atoms with Crippen LogP contribution in [0.3, 0.4) is 0 Å². The monoisotopic (exact) mass is 267 g/mol. The second kappa shape index (κ2) is 5.63. The lowest BCUT2D eigenvalue weighted by atomic mass is 9.96. The summed E-state index contributed by atoms with van der Waals surface area (Å²) in [5.41, 5.74) is 11.4. The van der Waals surface area contributed by atoms with E-state index in [-0.39, 0.29) is 6.04 Å². The molecular formula is C17H21N3.